The van der Waals surface area contributed by atoms with Gasteiger partial charge in [-0.05, 0) is 55.9 Å². The first-order valence-electron chi connectivity index (χ1n) is 8.71. The van der Waals surface area contributed by atoms with Crippen LogP contribution >= 0.6 is 27.7 Å². The van der Waals surface area contributed by atoms with Gasteiger partial charge in [-0.15, -0.1) is 11.8 Å². The van der Waals surface area contributed by atoms with Crippen molar-refractivity contribution in [2.75, 3.05) is 12.4 Å². The lowest BCUT2D eigenvalue weighted by Gasteiger charge is -2.29. The molecule has 1 fully saturated rings. The van der Waals surface area contributed by atoms with Crippen LogP contribution in [0.15, 0.2) is 21.5 Å². The first kappa shape index (κ1) is 20.3. The van der Waals surface area contributed by atoms with Crippen molar-refractivity contribution >= 4 is 39.6 Å². The summed E-state index contributed by atoms with van der Waals surface area (Å²) >= 11 is 4.94. The number of carbonyl (C=O) groups is 2. The average molecular weight is 428 g/mol. The lowest BCUT2D eigenvalue weighted by atomic mass is 9.86. The van der Waals surface area contributed by atoms with E-state index in [0.717, 1.165) is 39.8 Å². The van der Waals surface area contributed by atoms with E-state index in [4.69, 9.17) is 4.74 Å². The number of benzene rings is 1. The summed E-state index contributed by atoms with van der Waals surface area (Å²) in [6.07, 6.45) is 4.54. The zero-order chi connectivity index (χ0) is 18.4. The largest absolute Gasteiger partial charge is 0.455 e. The molecule has 25 heavy (non-hydrogen) atoms. The molecule has 1 N–H and O–H groups in total. The molecule has 0 spiro atoms. The van der Waals surface area contributed by atoms with Gasteiger partial charge >= 0.3 is 5.97 Å². The third kappa shape index (κ3) is 6.33. The van der Waals surface area contributed by atoms with Crippen molar-refractivity contribution in [2.45, 2.75) is 57.4 Å². The van der Waals surface area contributed by atoms with Gasteiger partial charge in [-0.1, -0.05) is 35.7 Å². The molecule has 1 aliphatic carbocycles. The van der Waals surface area contributed by atoms with Gasteiger partial charge < -0.3 is 10.1 Å². The highest BCUT2D eigenvalue weighted by Gasteiger charge is 2.23. The highest BCUT2D eigenvalue weighted by atomic mass is 79.9. The van der Waals surface area contributed by atoms with E-state index in [1.165, 1.54) is 18.2 Å². The maximum absolute atomic E-state index is 12.0. The Hall–Kier alpha value is -1.01. The number of rotatable bonds is 6. The van der Waals surface area contributed by atoms with E-state index >= 15 is 0 Å². The summed E-state index contributed by atoms with van der Waals surface area (Å²) in [5, 5.41) is 2.99. The zero-order valence-electron chi connectivity index (χ0n) is 15.1. The van der Waals surface area contributed by atoms with Gasteiger partial charge in [0.1, 0.15) is 0 Å². The van der Waals surface area contributed by atoms with E-state index in [9.17, 15) is 9.59 Å². The van der Waals surface area contributed by atoms with E-state index in [2.05, 4.69) is 34.2 Å². The van der Waals surface area contributed by atoms with Gasteiger partial charge in [0.05, 0.1) is 5.75 Å². The van der Waals surface area contributed by atoms with Crippen molar-refractivity contribution < 1.29 is 14.3 Å². The third-order valence-corrected chi connectivity index (χ3v) is 6.61. The van der Waals surface area contributed by atoms with Crippen LogP contribution in [0.1, 0.15) is 43.7 Å². The summed E-state index contributed by atoms with van der Waals surface area (Å²) in [6, 6.07) is 4.30. The number of esters is 1. The van der Waals surface area contributed by atoms with E-state index in [0.29, 0.717) is 5.92 Å². The Morgan fingerprint density at radius 2 is 1.96 bits per heavy atom. The SMILES string of the molecule is Cc1cc(SCC(=O)OCC(=O)NC2CCCCC2C)c(C)cc1Br. The maximum Gasteiger partial charge on any atom is 0.316 e. The second-order valence-corrected chi connectivity index (χ2v) is 8.62. The van der Waals surface area contributed by atoms with E-state index in [-0.39, 0.29) is 30.3 Å². The quantitative estimate of drug-likeness (QED) is 0.539. The first-order valence-corrected chi connectivity index (χ1v) is 10.5. The highest BCUT2D eigenvalue weighted by Crippen LogP contribution is 2.28. The minimum absolute atomic E-state index is 0.193. The Morgan fingerprint density at radius 1 is 1.24 bits per heavy atom. The standard InChI is InChI=1S/C19H26BrNO3S/c1-12-6-4-5-7-16(12)21-18(22)10-24-19(23)11-25-17-9-13(2)15(20)8-14(17)3/h8-9,12,16H,4-7,10-11H2,1-3H3,(H,21,22). The third-order valence-electron chi connectivity index (χ3n) is 4.62. The molecule has 4 nitrogen and oxygen atoms in total. The molecular weight excluding hydrogens is 402 g/mol. The molecule has 1 saturated carbocycles. The summed E-state index contributed by atoms with van der Waals surface area (Å²) < 4.78 is 6.18. The van der Waals surface area contributed by atoms with Crippen LogP contribution in [0.25, 0.3) is 0 Å². The molecule has 138 valence electrons. The summed E-state index contributed by atoms with van der Waals surface area (Å²) in [5.74, 6) is 0.131. The molecule has 0 aliphatic heterocycles. The smallest absolute Gasteiger partial charge is 0.316 e. The monoisotopic (exact) mass is 427 g/mol. The van der Waals surface area contributed by atoms with Gasteiger partial charge in [-0.3, -0.25) is 9.59 Å². The number of carbonyl (C=O) groups excluding carboxylic acids is 2. The van der Waals surface area contributed by atoms with Crippen molar-refractivity contribution in [1.29, 1.82) is 0 Å². The predicted molar refractivity (Wildman–Crippen MR) is 105 cm³/mol. The Balaban J connectivity index is 1.73. The van der Waals surface area contributed by atoms with Gasteiger partial charge in [0, 0.05) is 15.4 Å². The number of ether oxygens (including phenoxy) is 1. The van der Waals surface area contributed by atoms with Crippen LogP contribution in [0.3, 0.4) is 0 Å². The van der Waals surface area contributed by atoms with Crippen molar-refractivity contribution in [3.63, 3.8) is 0 Å². The molecular formula is C19H26BrNO3S. The Bertz CT molecular complexity index is 635. The van der Waals surface area contributed by atoms with Crippen LogP contribution in [0.5, 0.6) is 0 Å². The fraction of sp³-hybridized carbons (Fsp3) is 0.579. The fourth-order valence-electron chi connectivity index (χ4n) is 3.01. The van der Waals surface area contributed by atoms with Gasteiger partial charge in [0.25, 0.3) is 5.91 Å². The fourth-order valence-corrected chi connectivity index (χ4v) is 4.37. The summed E-state index contributed by atoms with van der Waals surface area (Å²) in [6.45, 7) is 6.00. The normalized spacial score (nSPS) is 20.2. The van der Waals surface area contributed by atoms with Gasteiger partial charge in [0.2, 0.25) is 0 Å². The molecule has 1 aromatic carbocycles. The summed E-state index contributed by atoms with van der Waals surface area (Å²) in [7, 11) is 0. The minimum atomic E-state index is -0.364. The van der Waals surface area contributed by atoms with E-state index in [1.807, 2.05) is 19.9 Å². The molecule has 2 unspecified atom stereocenters. The molecule has 0 radical (unpaired) electrons. The van der Waals surface area contributed by atoms with E-state index < -0.39 is 0 Å². The molecule has 1 amide bonds. The number of aryl methyl sites for hydroxylation is 2. The van der Waals surface area contributed by atoms with Crippen molar-refractivity contribution in [1.82, 2.24) is 5.32 Å². The molecule has 2 rings (SSSR count). The second-order valence-electron chi connectivity index (χ2n) is 6.75. The lowest BCUT2D eigenvalue weighted by Crippen LogP contribution is -2.43. The minimum Gasteiger partial charge on any atom is -0.455 e. The summed E-state index contributed by atoms with van der Waals surface area (Å²) in [4.78, 5) is 24.9. The molecule has 1 aliphatic rings. The van der Waals surface area contributed by atoms with E-state index in [1.54, 1.807) is 0 Å². The number of nitrogens with one attached hydrogen (secondary N) is 1. The van der Waals surface area contributed by atoms with Crippen LogP contribution in [0, 0.1) is 19.8 Å². The molecule has 2 atom stereocenters. The molecule has 0 bridgehead atoms. The molecule has 1 aromatic rings. The van der Waals surface area contributed by atoms with Crippen LogP contribution in [0.4, 0.5) is 0 Å². The van der Waals surface area contributed by atoms with Gasteiger partial charge in [-0.25, -0.2) is 0 Å². The van der Waals surface area contributed by atoms with Crippen molar-refractivity contribution in [3.8, 4) is 0 Å². The number of thioether (sulfide) groups is 1. The topological polar surface area (TPSA) is 55.4 Å². The molecule has 0 aromatic heterocycles. The number of hydrogen-bond donors (Lipinski definition) is 1. The van der Waals surface area contributed by atoms with Gasteiger partial charge in [-0.2, -0.15) is 0 Å². The number of halogens is 1. The van der Waals surface area contributed by atoms with Crippen LogP contribution < -0.4 is 5.32 Å². The van der Waals surface area contributed by atoms with Gasteiger partial charge in [0.15, 0.2) is 6.61 Å². The van der Waals surface area contributed by atoms with Crippen LogP contribution in [-0.4, -0.2) is 30.3 Å². The lowest BCUT2D eigenvalue weighted by molar-refractivity contribution is -0.146. The zero-order valence-corrected chi connectivity index (χ0v) is 17.5. The number of amides is 1. The average Bonchev–Trinajstić information content (AvgIpc) is 2.57. The van der Waals surface area contributed by atoms with Crippen LogP contribution in [0.2, 0.25) is 0 Å². The molecule has 6 heteroatoms. The Morgan fingerprint density at radius 3 is 2.68 bits per heavy atom. The Labute approximate surface area is 162 Å². The Kier molecular flexibility index (Phi) is 7.81. The second kappa shape index (κ2) is 9.62. The molecule has 0 saturated heterocycles. The van der Waals surface area contributed by atoms with Crippen molar-refractivity contribution in [3.05, 3.63) is 27.7 Å². The highest BCUT2D eigenvalue weighted by molar-refractivity contribution is 9.10. The first-order chi connectivity index (χ1) is 11.9. The molecule has 0 heterocycles. The predicted octanol–water partition coefficient (Wildman–Crippen LogP) is 4.40. The van der Waals surface area contributed by atoms with Crippen molar-refractivity contribution in [2.24, 2.45) is 5.92 Å². The maximum atomic E-state index is 12.0. The van der Waals surface area contributed by atoms with Crippen LogP contribution in [-0.2, 0) is 14.3 Å². The number of hydrogen-bond acceptors (Lipinski definition) is 4. The summed E-state index contributed by atoms with van der Waals surface area (Å²) in [5.41, 5.74) is 2.24.